The first-order valence-corrected chi connectivity index (χ1v) is 5.29. The number of nitrogens with two attached hydrogens (primary N) is 1. The monoisotopic (exact) mass is 266 g/mol. The summed E-state index contributed by atoms with van der Waals surface area (Å²) in [6, 6.07) is 6.70. The van der Waals surface area contributed by atoms with Gasteiger partial charge >= 0.3 is 0 Å². The molecule has 0 aliphatic rings. The summed E-state index contributed by atoms with van der Waals surface area (Å²) < 4.78 is 39.7. The van der Waals surface area contributed by atoms with Gasteiger partial charge in [0, 0.05) is 5.69 Å². The van der Waals surface area contributed by atoms with Crippen molar-refractivity contribution >= 4 is 17.3 Å². The summed E-state index contributed by atoms with van der Waals surface area (Å²) in [7, 11) is 0. The fraction of sp³-hybridized carbons (Fsp3) is 0. The molecule has 1 amide bonds. The highest BCUT2D eigenvalue weighted by atomic mass is 19.1. The second-order valence-corrected chi connectivity index (χ2v) is 3.79. The molecule has 19 heavy (non-hydrogen) atoms. The van der Waals surface area contributed by atoms with Gasteiger partial charge in [-0.3, -0.25) is 4.79 Å². The molecular weight excluding hydrogens is 257 g/mol. The predicted molar refractivity (Wildman–Crippen MR) is 65.1 cm³/mol. The molecule has 0 heterocycles. The van der Waals surface area contributed by atoms with E-state index in [1.165, 1.54) is 12.1 Å². The van der Waals surface area contributed by atoms with E-state index >= 15 is 0 Å². The number of hydrogen-bond acceptors (Lipinski definition) is 2. The summed E-state index contributed by atoms with van der Waals surface area (Å²) in [6.07, 6.45) is 0. The Morgan fingerprint density at radius 1 is 1.00 bits per heavy atom. The Bertz CT molecular complexity index is 627. The molecule has 0 aliphatic heterocycles. The zero-order valence-electron chi connectivity index (χ0n) is 9.58. The lowest BCUT2D eigenvalue weighted by molar-refractivity contribution is 0.101. The van der Waals surface area contributed by atoms with E-state index in [9.17, 15) is 18.0 Å². The average molecular weight is 266 g/mol. The van der Waals surface area contributed by atoms with E-state index in [-0.39, 0.29) is 11.4 Å². The van der Waals surface area contributed by atoms with Gasteiger partial charge in [-0.25, -0.2) is 13.2 Å². The molecule has 0 aromatic heterocycles. The third-order valence-electron chi connectivity index (χ3n) is 2.45. The van der Waals surface area contributed by atoms with Crippen molar-refractivity contribution in [1.82, 2.24) is 0 Å². The topological polar surface area (TPSA) is 55.1 Å². The summed E-state index contributed by atoms with van der Waals surface area (Å²) in [5, 5.41) is 2.25. The van der Waals surface area contributed by atoms with Crippen LogP contribution >= 0.6 is 0 Å². The molecule has 0 spiro atoms. The van der Waals surface area contributed by atoms with Gasteiger partial charge in [-0.1, -0.05) is 0 Å². The minimum Gasteiger partial charge on any atom is -0.396 e. The molecule has 0 saturated heterocycles. The molecule has 0 aliphatic carbocycles. The fourth-order valence-electron chi connectivity index (χ4n) is 1.50. The van der Waals surface area contributed by atoms with Gasteiger partial charge < -0.3 is 11.1 Å². The smallest absolute Gasteiger partial charge is 0.261 e. The summed E-state index contributed by atoms with van der Waals surface area (Å²) >= 11 is 0. The minimum atomic E-state index is -1.13. The molecule has 0 saturated carbocycles. The van der Waals surface area contributed by atoms with Gasteiger partial charge in [0.25, 0.3) is 5.91 Å². The van der Waals surface area contributed by atoms with Crippen LogP contribution in [0, 0.1) is 17.5 Å². The highest BCUT2D eigenvalue weighted by Crippen LogP contribution is 2.20. The lowest BCUT2D eigenvalue weighted by Crippen LogP contribution is -2.16. The number of carbonyl (C=O) groups is 1. The second kappa shape index (κ2) is 5.01. The maximum absolute atomic E-state index is 13.6. The third kappa shape index (κ3) is 2.67. The summed E-state index contributed by atoms with van der Waals surface area (Å²) in [6.45, 7) is 0. The summed E-state index contributed by atoms with van der Waals surface area (Å²) in [5.41, 5.74) is 4.38. The van der Waals surface area contributed by atoms with Gasteiger partial charge in [0.2, 0.25) is 0 Å². The van der Waals surface area contributed by atoms with Crippen molar-refractivity contribution in [2.45, 2.75) is 0 Å². The number of nitrogen functional groups attached to an aromatic ring is 1. The van der Waals surface area contributed by atoms with Crippen LogP contribution in [0.15, 0.2) is 36.4 Å². The highest BCUT2D eigenvalue weighted by Gasteiger charge is 2.19. The number of nitrogens with one attached hydrogen (secondary N) is 1. The van der Waals surface area contributed by atoms with Crippen molar-refractivity contribution in [3.8, 4) is 0 Å². The van der Waals surface area contributed by atoms with Gasteiger partial charge in [-0.05, 0) is 36.4 Å². The SMILES string of the molecule is Nc1ccc(F)c(C(=O)Nc2ccc(F)cc2)c1F. The largest absolute Gasteiger partial charge is 0.396 e. The average Bonchev–Trinajstić information content (AvgIpc) is 2.37. The van der Waals surface area contributed by atoms with Crippen LogP contribution in [-0.4, -0.2) is 5.91 Å². The molecule has 98 valence electrons. The Kier molecular flexibility index (Phi) is 3.41. The van der Waals surface area contributed by atoms with E-state index in [1.807, 2.05) is 0 Å². The molecule has 0 radical (unpaired) electrons. The number of benzene rings is 2. The van der Waals surface area contributed by atoms with Gasteiger partial charge in [0.1, 0.15) is 17.2 Å². The van der Waals surface area contributed by atoms with E-state index in [0.29, 0.717) is 0 Å². The summed E-state index contributed by atoms with van der Waals surface area (Å²) in [4.78, 5) is 11.8. The van der Waals surface area contributed by atoms with E-state index in [2.05, 4.69) is 5.32 Å². The van der Waals surface area contributed by atoms with Crippen LogP contribution in [-0.2, 0) is 0 Å². The Hall–Kier alpha value is -2.50. The van der Waals surface area contributed by atoms with Crippen LogP contribution in [0.4, 0.5) is 24.5 Å². The number of halogens is 3. The highest BCUT2D eigenvalue weighted by molar-refractivity contribution is 6.05. The van der Waals surface area contributed by atoms with Crippen LogP contribution in [0.1, 0.15) is 10.4 Å². The first-order chi connectivity index (χ1) is 8.99. The molecule has 2 aromatic carbocycles. The Morgan fingerprint density at radius 2 is 1.63 bits per heavy atom. The Balaban J connectivity index is 2.30. The first kappa shape index (κ1) is 12.9. The maximum Gasteiger partial charge on any atom is 0.261 e. The molecular formula is C13H9F3N2O. The molecule has 2 aromatic rings. The zero-order chi connectivity index (χ0) is 14.0. The molecule has 0 unspecified atom stereocenters. The quantitative estimate of drug-likeness (QED) is 0.821. The molecule has 0 atom stereocenters. The lowest BCUT2D eigenvalue weighted by Gasteiger charge is -2.08. The number of carbonyl (C=O) groups excluding carboxylic acids is 1. The van der Waals surface area contributed by atoms with Crippen molar-refractivity contribution in [2.24, 2.45) is 0 Å². The minimum absolute atomic E-state index is 0.215. The van der Waals surface area contributed by atoms with Crippen LogP contribution in [0.5, 0.6) is 0 Å². The van der Waals surface area contributed by atoms with E-state index in [1.54, 1.807) is 0 Å². The van der Waals surface area contributed by atoms with Crippen LogP contribution < -0.4 is 11.1 Å². The van der Waals surface area contributed by atoms with Gasteiger partial charge in [-0.15, -0.1) is 0 Å². The fourth-order valence-corrected chi connectivity index (χ4v) is 1.50. The van der Waals surface area contributed by atoms with Gasteiger partial charge in [-0.2, -0.15) is 0 Å². The normalized spacial score (nSPS) is 10.3. The molecule has 0 fully saturated rings. The molecule has 6 heteroatoms. The predicted octanol–water partition coefficient (Wildman–Crippen LogP) is 2.94. The van der Waals surface area contributed by atoms with E-state index in [4.69, 9.17) is 5.73 Å². The lowest BCUT2D eigenvalue weighted by atomic mass is 10.1. The Labute approximate surface area is 106 Å². The zero-order valence-corrected chi connectivity index (χ0v) is 9.58. The van der Waals surface area contributed by atoms with Crippen LogP contribution in [0.25, 0.3) is 0 Å². The van der Waals surface area contributed by atoms with E-state index in [0.717, 1.165) is 24.3 Å². The van der Waals surface area contributed by atoms with Crippen molar-refractivity contribution in [2.75, 3.05) is 11.1 Å². The number of anilines is 2. The number of rotatable bonds is 2. The molecule has 3 N–H and O–H groups in total. The Morgan fingerprint density at radius 3 is 2.26 bits per heavy atom. The maximum atomic E-state index is 13.6. The molecule has 2 rings (SSSR count). The number of amides is 1. The standard InChI is InChI=1S/C13H9F3N2O/c14-7-1-3-8(4-2-7)18-13(19)11-9(15)5-6-10(17)12(11)16/h1-6H,17H2,(H,18,19). The van der Waals surface area contributed by atoms with Crippen molar-refractivity contribution in [3.05, 3.63) is 59.4 Å². The molecule has 0 bridgehead atoms. The third-order valence-corrected chi connectivity index (χ3v) is 2.45. The van der Waals surface area contributed by atoms with Crippen LogP contribution in [0.3, 0.4) is 0 Å². The van der Waals surface area contributed by atoms with Crippen LogP contribution in [0.2, 0.25) is 0 Å². The van der Waals surface area contributed by atoms with Gasteiger partial charge in [0.15, 0.2) is 5.82 Å². The first-order valence-electron chi connectivity index (χ1n) is 5.29. The van der Waals surface area contributed by atoms with E-state index < -0.39 is 28.9 Å². The van der Waals surface area contributed by atoms with Crippen molar-refractivity contribution in [1.29, 1.82) is 0 Å². The van der Waals surface area contributed by atoms with Crippen molar-refractivity contribution < 1.29 is 18.0 Å². The second-order valence-electron chi connectivity index (χ2n) is 3.79. The molecule has 3 nitrogen and oxygen atoms in total. The van der Waals surface area contributed by atoms with Crippen molar-refractivity contribution in [3.63, 3.8) is 0 Å². The summed E-state index contributed by atoms with van der Waals surface area (Å²) in [5.74, 6) is -3.63. The van der Waals surface area contributed by atoms with Gasteiger partial charge in [0.05, 0.1) is 5.69 Å². The number of hydrogen-bond donors (Lipinski definition) is 2.